The minimum atomic E-state index is -3.21. The summed E-state index contributed by atoms with van der Waals surface area (Å²) in [6, 6.07) is 15.9. The molecule has 0 aliphatic carbocycles. The Balaban J connectivity index is 2.05. The highest BCUT2D eigenvalue weighted by Gasteiger charge is 2.13. The van der Waals surface area contributed by atoms with Gasteiger partial charge in [0.05, 0.1) is 10.6 Å². The molecule has 3 N–H and O–H groups in total. The highest BCUT2D eigenvalue weighted by Crippen LogP contribution is 2.14. The highest BCUT2D eigenvalue weighted by atomic mass is 32.2. The van der Waals surface area contributed by atoms with E-state index in [0.29, 0.717) is 11.3 Å². The Morgan fingerprint density at radius 3 is 2.16 bits per heavy atom. The number of nitrogens with two attached hydrogens (primary N) is 1. The van der Waals surface area contributed by atoms with Crippen molar-refractivity contribution in [2.24, 2.45) is 5.84 Å². The zero-order chi connectivity index (χ0) is 13.7. The van der Waals surface area contributed by atoms with Crippen LogP contribution in [0.25, 0.3) is 0 Å². The van der Waals surface area contributed by atoms with E-state index in [1.807, 2.05) is 24.3 Å². The lowest BCUT2D eigenvalue weighted by Gasteiger charge is -2.05. The SMILES string of the molecule is NNc1ccc(CCS(=O)(=O)c2ccccc2)cc1. The molecule has 0 aliphatic heterocycles. The van der Waals surface area contributed by atoms with Crippen molar-refractivity contribution in [2.75, 3.05) is 11.2 Å². The van der Waals surface area contributed by atoms with Crippen molar-refractivity contribution in [3.63, 3.8) is 0 Å². The number of anilines is 1. The largest absolute Gasteiger partial charge is 0.324 e. The van der Waals surface area contributed by atoms with Crippen LogP contribution in [0.3, 0.4) is 0 Å². The van der Waals surface area contributed by atoms with Crippen LogP contribution < -0.4 is 11.3 Å². The van der Waals surface area contributed by atoms with Crippen molar-refractivity contribution in [3.05, 3.63) is 60.2 Å². The van der Waals surface area contributed by atoms with Crippen LogP contribution in [0.2, 0.25) is 0 Å². The minimum absolute atomic E-state index is 0.104. The number of nitrogens with one attached hydrogen (secondary N) is 1. The summed E-state index contributed by atoms with van der Waals surface area (Å²) in [5, 5.41) is 0. The van der Waals surface area contributed by atoms with Crippen molar-refractivity contribution < 1.29 is 8.42 Å². The zero-order valence-corrected chi connectivity index (χ0v) is 11.2. The van der Waals surface area contributed by atoms with Crippen molar-refractivity contribution in [2.45, 2.75) is 11.3 Å². The Hall–Kier alpha value is -1.85. The van der Waals surface area contributed by atoms with Crippen molar-refractivity contribution in [1.29, 1.82) is 0 Å². The molecule has 0 saturated carbocycles. The number of nitrogen functional groups attached to an aromatic ring is 1. The van der Waals surface area contributed by atoms with Crippen LogP contribution in [0.4, 0.5) is 5.69 Å². The quantitative estimate of drug-likeness (QED) is 0.647. The molecule has 100 valence electrons. The normalized spacial score (nSPS) is 11.2. The van der Waals surface area contributed by atoms with Gasteiger partial charge in [-0.3, -0.25) is 5.84 Å². The molecule has 0 aliphatic rings. The Kier molecular flexibility index (Phi) is 4.19. The van der Waals surface area contributed by atoms with Crippen LogP contribution in [0.1, 0.15) is 5.56 Å². The maximum Gasteiger partial charge on any atom is 0.178 e. The molecule has 19 heavy (non-hydrogen) atoms. The molecule has 0 bridgehead atoms. The third kappa shape index (κ3) is 3.56. The fraction of sp³-hybridized carbons (Fsp3) is 0.143. The molecule has 2 aromatic carbocycles. The van der Waals surface area contributed by atoms with Crippen LogP contribution in [-0.2, 0) is 16.3 Å². The first-order valence-electron chi connectivity index (χ1n) is 5.95. The molecule has 0 atom stereocenters. The monoisotopic (exact) mass is 276 g/mol. The lowest BCUT2D eigenvalue weighted by molar-refractivity contribution is 0.595. The second kappa shape index (κ2) is 5.86. The van der Waals surface area contributed by atoms with Gasteiger partial charge in [0.2, 0.25) is 0 Å². The summed E-state index contributed by atoms with van der Waals surface area (Å²) in [5.74, 6) is 5.38. The fourth-order valence-electron chi connectivity index (χ4n) is 1.77. The lowest BCUT2D eigenvalue weighted by atomic mass is 10.1. The fourth-order valence-corrected chi connectivity index (χ4v) is 3.08. The Bertz CT molecular complexity index is 622. The Morgan fingerprint density at radius 2 is 1.58 bits per heavy atom. The van der Waals surface area contributed by atoms with Gasteiger partial charge in [0.25, 0.3) is 0 Å². The van der Waals surface area contributed by atoms with Gasteiger partial charge in [-0.1, -0.05) is 30.3 Å². The van der Waals surface area contributed by atoms with E-state index < -0.39 is 9.84 Å². The molecule has 5 heteroatoms. The van der Waals surface area contributed by atoms with Gasteiger partial charge in [0.1, 0.15) is 0 Å². The third-order valence-corrected chi connectivity index (χ3v) is 4.61. The predicted octanol–water partition coefficient (Wildman–Crippen LogP) is 1.99. The molecular weight excluding hydrogens is 260 g/mol. The van der Waals surface area contributed by atoms with Gasteiger partial charge in [-0.15, -0.1) is 0 Å². The molecule has 0 amide bonds. The van der Waals surface area contributed by atoms with Crippen LogP contribution >= 0.6 is 0 Å². The van der Waals surface area contributed by atoms with Gasteiger partial charge in [-0.25, -0.2) is 8.42 Å². The standard InChI is InChI=1S/C14H16N2O2S/c15-16-13-8-6-12(7-9-13)10-11-19(17,18)14-4-2-1-3-5-14/h1-9,16H,10-11,15H2. The second-order valence-corrected chi connectivity index (χ2v) is 6.33. The van der Waals surface area contributed by atoms with Crippen LogP contribution in [0, 0.1) is 0 Å². The Morgan fingerprint density at radius 1 is 0.947 bits per heavy atom. The number of aryl methyl sites for hydroxylation is 1. The Labute approximate surface area is 113 Å². The molecule has 0 radical (unpaired) electrons. The second-order valence-electron chi connectivity index (χ2n) is 4.22. The summed E-state index contributed by atoms with van der Waals surface area (Å²) < 4.78 is 24.2. The van der Waals surface area contributed by atoms with Gasteiger partial charge in [-0.05, 0) is 36.2 Å². The van der Waals surface area contributed by atoms with Crippen LogP contribution in [-0.4, -0.2) is 14.2 Å². The van der Waals surface area contributed by atoms with E-state index in [4.69, 9.17) is 5.84 Å². The van der Waals surface area contributed by atoms with E-state index in [0.717, 1.165) is 11.3 Å². The smallest absolute Gasteiger partial charge is 0.178 e. The number of sulfone groups is 1. The molecule has 0 aromatic heterocycles. The molecule has 0 unspecified atom stereocenters. The summed E-state index contributed by atoms with van der Waals surface area (Å²) in [4.78, 5) is 0.371. The zero-order valence-electron chi connectivity index (χ0n) is 10.4. The van der Waals surface area contributed by atoms with Crippen molar-refractivity contribution in [3.8, 4) is 0 Å². The first kappa shape index (κ1) is 13.6. The maximum absolute atomic E-state index is 12.1. The van der Waals surface area contributed by atoms with Gasteiger partial charge < -0.3 is 5.43 Å². The predicted molar refractivity (Wildman–Crippen MR) is 76.5 cm³/mol. The third-order valence-electron chi connectivity index (χ3n) is 2.88. The average molecular weight is 276 g/mol. The van der Waals surface area contributed by atoms with E-state index in [2.05, 4.69) is 5.43 Å². The number of benzene rings is 2. The molecule has 4 nitrogen and oxygen atoms in total. The molecule has 0 spiro atoms. The van der Waals surface area contributed by atoms with Crippen LogP contribution in [0.15, 0.2) is 59.5 Å². The highest BCUT2D eigenvalue weighted by molar-refractivity contribution is 7.91. The maximum atomic E-state index is 12.1. The van der Waals surface area contributed by atoms with E-state index in [1.165, 1.54) is 0 Å². The van der Waals surface area contributed by atoms with E-state index in [9.17, 15) is 8.42 Å². The summed E-state index contributed by atoms with van der Waals surface area (Å²) in [5.41, 5.74) is 4.31. The summed E-state index contributed by atoms with van der Waals surface area (Å²) in [6.07, 6.45) is 0.488. The molecule has 2 rings (SSSR count). The molecule has 0 fully saturated rings. The summed E-state index contributed by atoms with van der Waals surface area (Å²) in [6.45, 7) is 0. The van der Waals surface area contributed by atoms with Gasteiger partial charge in [-0.2, -0.15) is 0 Å². The van der Waals surface area contributed by atoms with Gasteiger partial charge in [0, 0.05) is 5.69 Å². The minimum Gasteiger partial charge on any atom is -0.324 e. The lowest BCUT2D eigenvalue weighted by Crippen LogP contribution is -2.09. The van der Waals surface area contributed by atoms with Gasteiger partial charge >= 0.3 is 0 Å². The first-order chi connectivity index (χ1) is 9.12. The number of rotatable bonds is 5. The topological polar surface area (TPSA) is 72.2 Å². The number of hydrazine groups is 1. The van der Waals surface area contributed by atoms with Crippen molar-refractivity contribution >= 4 is 15.5 Å². The number of hydrogen-bond acceptors (Lipinski definition) is 4. The first-order valence-corrected chi connectivity index (χ1v) is 7.60. The average Bonchev–Trinajstić information content (AvgIpc) is 2.47. The van der Waals surface area contributed by atoms with Crippen molar-refractivity contribution in [1.82, 2.24) is 0 Å². The molecule has 0 heterocycles. The summed E-state index contributed by atoms with van der Waals surface area (Å²) in [7, 11) is -3.21. The van der Waals surface area contributed by atoms with Crippen LogP contribution in [0.5, 0.6) is 0 Å². The molecule has 0 saturated heterocycles. The number of hydrogen-bond donors (Lipinski definition) is 2. The van der Waals surface area contributed by atoms with E-state index >= 15 is 0 Å². The van der Waals surface area contributed by atoms with E-state index in [-0.39, 0.29) is 5.75 Å². The van der Waals surface area contributed by atoms with Gasteiger partial charge in [0.15, 0.2) is 9.84 Å². The summed E-state index contributed by atoms with van der Waals surface area (Å²) >= 11 is 0. The van der Waals surface area contributed by atoms with E-state index in [1.54, 1.807) is 30.3 Å². The molecular formula is C14H16N2O2S. The molecule has 2 aromatic rings.